The van der Waals surface area contributed by atoms with E-state index in [9.17, 15) is 0 Å². The van der Waals surface area contributed by atoms with Crippen molar-refractivity contribution in [1.82, 2.24) is 15.0 Å². The van der Waals surface area contributed by atoms with Crippen molar-refractivity contribution < 1.29 is 0 Å². The number of halogens is 1. The van der Waals surface area contributed by atoms with Crippen LogP contribution in [0.3, 0.4) is 0 Å². The number of pyridine rings is 1. The lowest BCUT2D eigenvalue weighted by Crippen LogP contribution is -2.02. The van der Waals surface area contributed by atoms with Gasteiger partial charge in [0.2, 0.25) is 5.95 Å². The summed E-state index contributed by atoms with van der Waals surface area (Å²) in [5.41, 5.74) is 0. The summed E-state index contributed by atoms with van der Waals surface area (Å²) in [7, 11) is 0. The van der Waals surface area contributed by atoms with E-state index in [1.165, 1.54) is 11.8 Å². The first-order valence-electron chi connectivity index (χ1n) is 6.05. The number of aromatic nitrogens is 3. The third-order valence-electron chi connectivity index (χ3n) is 2.53. The van der Waals surface area contributed by atoms with E-state index in [-0.39, 0.29) is 0 Å². The maximum absolute atomic E-state index is 5.85. The van der Waals surface area contributed by atoms with Crippen molar-refractivity contribution in [2.45, 2.75) is 17.0 Å². The molecule has 4 nitrogen and oxygen atoms in total. The van der Waals surface area contributed by atoms with Gasteiger partial charge in [0.1, 0.15) is 14.9 Å². The Morgan fingerprint density at radius 3 is 2.95 bits per heavy atom. The number of hydrogen-bond donors (Lipinski definition) is 1. The van der Waals surface area contributed by atoms with E-state index in [2.05, 4.69) is 20.3 Å². The van der Waals surface area contributed by atoms with E-state index >= 15 is 0 Å². The standard InChI is InChI=1S/C13H11ClN4S2/c1-2-15-13-17-11-9(5-6-19-11)12(18-13)20-10-4-3-8(14)7-16-10/h3-7H,2H2,1H3,(H,15,17,18). The fraction of sp³-hybridized carbons (Fsp3) is 0.154. The number of rotatable bonds is 4. The highest BCUT2D eigenvalue weighted by molar-refractivity contribution is 7.99. The average Bonchev–Trinajstić information content (AvgIpc) is 2.90. The van der Waals surface area contributed by atoms with Gasteiger partial charge in [-0.15, -0.1) is 11.3 Å². The predicted molar refractivity (Wildman–Crippen MR) is 84.9 cm³/mol. The number of thiophene rings is 1. The molecule has 0 aliphatic carbocycles. The fourth-order valence-corrected chi connectivity index (χ4v) is 3.45. The fourth-order valence-electron chi connectivity index (χ4n) is 1.66. The minimum Gasteiger partial charge on any atom is -0.354 e. The molecule has 102 valence electrons. The first-order chi connectivity index (χ1) is 9.76. The van der Waals surface area contributed by atoms with E-state index < -0.39 is 0 Å². The van der Waals surface area contributed by atoms with Crippen LogP contribution < -0.4 is 5.32 Å². The highest BCUT2D eigenvalue weighted by Gasteiger charge is 2.10. The van der Waals surface area contributed by atoms with E-state index in [4.69, 9.17) is 11.6 Å². The highest BCUT2D eigenvalue weighted by Crippen LogP contribution is 2.33. The molecule has 7 heteroatoms. The number of hydrogen-bond acceptors (Lipinski definition) is 6. The minimum absolute atomic E-state index is 0.631. The van der Waals surface area contributed by atoms with Gasteiger partial charge >= 0.3 is 0 Å². The second-order valence-corrected chi connectivity index (χ2v) is 6.28. The molecule has 0 aliphatic heterocycles. The van der Waals surface area contributed by atoms with Gasteiger partial charge < -0.3 is 5.32 Å². The molecule has 0 aliphatic rings. The second kappa shape index (κ2) is 5.95. The van der Waals surface area contributed by atoms with Crippen molar-refractivity contribution in [2.24, 2.45) is 0 Å². The van der Waals surface area contributed by atoms with E-state index in [1.807, 2.05) is 30.5 Å². The van der Waals surface area contributed by atoms with Crippen LogP contribution in [0.5, 0.6) is 0 Å². The molecular weight excluding hydrogens is 312 g/mol. The predicted octanol–water partition coefficient (Wildman–Crippen LogP) is 4.32. The summed E-state index contributed by atoms with van der Waals surface area (Å²) in [5, 5.41) is 8.63. The Bertz CT molecular complexity index is 727. The summed E-state index contributed by atoms with van der Waals surface area (Å²) in [6, 6.07) is 5.75. The van der Waals surface area contributed by atoms with Gasteiger partial charge in [-0.25, -0.2) is 15.0 Å². The zero-order valence-corrected chi connectivity index (χ0v) is 13.0. The lowest BCUT2D eigenvalue weighted by molar-refractivity contribution is 1.05. The van der Waals surface area contributed by atoms with Gasteiger partial charge in [-0.2, -0.15) is 0 Å². The maximum Gasteiger partial charge on any atom is 0.225 e. The van der Waals surface area contributed by atoms with Crippen LogP contribution in [-0.4, -0.2) is 21.5 Å². The molecule has 1 N–H and O–H groups in total. The molecule has 3 rings (SSSR count). The van der Waals surface area contributed by atoms with Crippen molar-refractivity contribution in [1.29, 1.82) is 0 Å². The Morgan fingerprint density at radius 1 is 1.30 bits per heavy atom. The van der Waals surface area contributed by atoms with Gasteiger partial charge in [0.15, 0.2) is 0 Å². The van der Waals surface area contributed by atoms with Crippen LogP contribution in [0.2, 0.25) is 5.02 Å². The Labute approximate surface area is 129 Å². The van der Waals surface area contributed by atoms with Crippen molar-refractivity contribution in [3.8, 4) is 0 Å². The topological polar surface area (TPSA) is 50.7 Å². The Kier molecular flexibility index (Phi) is 4.05. The molecule has 3 aromatic rings. The van der Waals surface area contributed by atoms with Crippen LogP contribution >= 0.6 is 34.7 Å². The maximum atomic E-state index is 5.85. The summed E-state index contributed by atoms with van der Waals surface area (Å²) in [4.78, 5) is 14.3. The van der Waals surface area contributed by atoms with Crippen LogP contribution in [0.15, 0.2) is 39.8 Å². The lowest BCUT2D eigenvalue weighted by atomic mass is 10.4. The third-order valence-corrected chi connectivity index (χ3v) is 4.51. The summed E-state index contributed by atoms with van der Waals surface area (Å²) in [5.74, 6) is 0.652. The molecule has 0 fully saturated rings. The Hall–Kier alpha value is -1.37. The molecular formula is C13H11ClN4S2. The molecule has 3 heterocycles. The average molecular weight is 323 g/mol. The first kappa shape index (κ1) is 13.6. The zero-order valence-electron chi connectivity index (χ0n) is 10.6. The summed E-state index contributed by atoms with van der Waals surface area (Å²) in [6.45, 7) is 2.82. The smallest absolute Gasteiger partial charge is 0.225 e. The Balaban J connectivity index is 2.00. The summed E-state index contributed by atoms with van der Waals surface area (Å²) < 4.78 is 0. The molecule has 0 radical (unpaired) electrons. The molecule has 0 saturated carbocycles. The zero-order chi connectivity index (χ0) is 13.9. The molecule has 3 aromatic heterocycles. The highest BCUT2D eigenvalue weighted by atomic mass is 35.5. The summed E-state index contributed by atoms with van der Waals surface area (Å²) >= 11 is 8.98. The molecule has 0 spiro atoms. The van der Waals surface area contributed by atoms with Crippen molar-refractivity contribution in [3.05, 3.63) is 34.8 Å². The van der Waals surface area contributed by atoms with Crippen LogP contribution in [0, 0.1) is 0 Å². The van der Waals surface area contributed by atoms with Crippen LogP contribution in [-0.2, 0) is 0 Å². The molecule has 20 heavy (non-hydrogen) atoms. The van der Waals surface area contributed by atoms with Gasteiger partial charge in [-0.1, -0.05) is 11.6 Å². The largest absolute Gasteiger partial charge is 0.354 e. The number of nitrogens with zero attached hydrogens (tertiary/aromatic N) is 3. The number of nitrogens with one attached hydrogen (secondary N) is 1. The minimum atomic E-state index is 0.631. The number of fused-ring (bicyclic) bond motifs is 1. The SMILES string of the molecule is CCNc1nc(Sc2ccc(Cl)cn2)c2ccsc2n1. The molecule has 0 amide bonds. The molecule has 0 atom stereocenters. The molecule has 0 aromatic carbocycles. The number of anilines is 1. The van der Waals surface area contributed by atoms with Crippen LogP contribution in [0.4, 0.5) is 5.95 Å². The van der Waals surface area contributed by atoms with E-state index in [0.29, 0.717) is 11.0 Å². The van der Waals surface area contributed by atoms with Crippen molar-refractivity contribution >= 4 is 50.9 Å². The summed E-state index contributed by atoms with van der Waals surface area (Å²) in [6.07, 6.45) is 1.64. The second-order valence-electron chi connectivity index (χ2n) is 3.94. The molecule has 0 bridgehead atoms. The monoisotopic (exact) mass is 322 g/mol. The van der Waals surface area contributed by atoms with Gasteiger partial charge in [-0.05, 0) is 42.3 Å². The molecule has 0 saturated heterocycles. The van der Waals surface area contributed by atoms with Gasteiger partial charge in [0.25, 0.3) is 0 Å². The normalized spacial score (nSPS) is 10.9. The third kappa shape index (κ3) is 2.87. The first-order valence-corrected chi connectivity index (χ1v) is 8.12. The lowest BCUT2D eigenvalue weighted by Gasteiger charge is -2.06. The van der Waals surface area contributed by atoms with E-state index in [0.717, 1.165) is 26.8 Å². The van der Waals surface area contributed by atoms with Crippen molar-refractivity contribution in [3.63, 3.8) is 0 Å². The van der Waals surface area contributed by atoms with Gasteiger partial charge in [0.05, 0.1) is 5.02 Å². The Morgan fingerprint density at radius 2 is 2.20 bits per heavy atom. The van der Waals surface area contributed by atoms with Gasteiger partial charge in [-0.3, -0.25) is 0 Å². The van der Waals surface area contributed by atoms with E-state index in [1.54, 1.807) is 17.5 Å². The van der Waals surface area contributed by atoms with Gasteiger partial charge in [0, 0.05) is 18.1 Å². The molecule has 0 unspecified atom stereocenters. The van der Waals surface area contributed by atoms with Crippen molar-refractivity contribution in [2.75, 3.05) is 11.9 Å². The van der Waals surface area contributed by atoms with Crippen LogP contribution in [0.25, 0.3) is 10.2 Å². The van der Waals surface area contributed by atoms with Crippen LogP contribution in [0.1, 0.15) is 6.92 Å². The quantitative estimate of drug-likeness (QED) is 0.725.